The molecule has 2 spiro atoms. The van der Waals surface area contributed by atoms with E-state index in [4.69, 9.17) is 4.74 Å². The van der Waals surface area contributed by atoms with E-state index in [1.54, 1.807) is 6.08 Å². The van der Waals surface area contributed by atoms with Crippen molar-refractivity contribution < 1.29 is 9.84 Å². The highest BCUT2D eigenvalue weighted by Gasteiger charge is 2.65. The Kier molecular flexibility index (Phi) is 1.78. The Hall–Kier alpha value is -1.80. The maximum absolute atomic E-state index is 12.6. The minimum Gasteiger partial charge on any atom is -0.488 e. The summed E-state index contributed by atoms with van der Waals surface area (Å²) in [6, 6.07) is 0. The summed E-state index contributed by atoms with van der Waals surface area (Å²) in [7, 11) is 0. The van der Waals surface area contributed by atoms with Crippen LogP contribution in [-0.2, 0) is 9.84 Å². The average Bonchev–Trinajstić information content (AvgIpc) is 2.71. The molecule has 0 saturated carbocycles. The fourth-order valence-corrected chi connectivity index (χ4v) is 3.58. The number of hydrogen-bond acceptors (Lipinski definition) is 1. The number of hydrogen-bond donors (Lipinski definition) is 0. The van der Waals surface area contributed by atoms with Crippen LogP contribution in [0.3, 0.4) is 0 Å². The minimum absolute atomic E-state index is 0.0775. The highest BCUT2D eigenvalue weighted by atomic mass is 16.5. The summed E-state index contributed by atoms with van der Waals surface area (Å²) < 4.78 is 6.04. The standard InChI is InChI=1S/C16H13O2/c17-12-6-5-8-14-16(12)11-4-3-10-15(16)9-2-1-7-13(15)18-14/h1-13H. The fourth-order valence-electron chi connectivity index (χ4n) is 3.58. The molecule has 0 amide bonds. The van der Waals surface area contributed by atoms with Gasteiger partial charge in [-0.1, -0.05) is 54.7 Å². The zero-order valence-electron chi connectivity index (χ0n) is 9.82. The van der Waals surface area contributed by atoms with Crippen LogP contribution in [0.4, 0.5) is 0 Å². The first kappa shape index (κ1) is 10.2. The Labute approximate surface area is 106 Å². The SMILES string of the molecule is [O]C1C=CC=C2OC3C=CC=CC34C=CC=CC214. The molecule has 0 bridgehead atoms. The molecule has 0 N–H and O–H groups in total. The Morgan fingerprint density at radius 1 is 0.944 bits per heavy atom. The topological polar surface area (TPSA) is 29.1 Å². The number of ether oxygens (including phenoxy) is 1. The third-order valence-electron chi connectivity index (χ3n) is 4.44. The predicted molar refractivity (Wildman–Crippen MR) is 68.0 cm³/mol. The molecule has 1 aliphatic heterocycles. The second-order valence-electron chi connectivity index (χ2n) is 5.14. The van der Waals surface area contributed by atoms with Gasteiger partial charge in [0.25, 0.3) is 0 Å². The minimum atomic E-state index is -0.806. The Morgan fingerprint density at radius 3 is 2.61 bits per heavy atom. The third kappa shape index (κ3) is 0.908. The van der Waals surface area contributed by atoms with Gasteiger partial charge in [0, 0.05) is 0 Å². The van der Waals surface area contributed by atoms with Gasteiger partial charge in [-0.15, -0.1) is 0 Å². The molecule has 3 aliphatic carbocycles. The van der Waals surface area contributed by atoms with Gasteiger partial charge in [0.15, 0.2) is 0 Å². The first-order chi connectivity index (χ1) is 8.80. The molecule has 4 unspecified atom stereocenters. The van der Waals surface area contributed by atoms with E-state index in [2.05, 4.69) is 12.2 Å². The largest absolute Gasteiger partial charge is 0.488 e. The first-order valence-electron chi connectivity index (χ1n) is 6.24. The van der Waals surface area contributed by atoms with Crippen molar-refractivity contribution in [2.45, 2.75) is 12.2 Å². The number of rotatable bonds is 0. The van der Waals surface area contributed by atoms with E-state index < -0.39 is 11.5 Å². The van der Waals surface area contributed by atoms with Gasteiger partial charge >= 0.3 is 0 Å². The molecule has 2 nitrogen and oxygen atoms in total. The second-order valence-corrected chi connectivity index (χ2v) is 5.14. The molecule has 2 heteroatoms. The fraction of sp³-hybridized carbons (Fsp3) is 0.250. The zero-order valence-corrected chi connectivity index (χ0v) is 9.82. The molecule has 4 aliphatic rings. The molecule has 1 heterocycles. The molecule has 0 aromatic rings. The molecule has 4 atom stereocenters. The Morgan fingerprint density at radius 2 is 1.72 bits per heavy atom. The lowest BCUT2D eigenvalue weighted by molar-refractivity contribution is 0.0184. The van der Waals surface area contributed by atoms with Gasteiger partial charge in [-0.2, -0.15) is 0 Å². The quantitative estimate of drug-likeness (QED) is 0.637. The van der Waals surface area contributed by atoms with Crippen molar-refractivity contribution in [1.29, 1.82) is 0 Å². The lowest BCUT2D eigenvalue weighted by Crippen LogP contribution is -2.48. The predicted octanol–water partition coefficient (Wildman–Crippen LogP) is 2.86. The van der Waals surface area contributed by atoms with Crippen molar-refractivity contribution in [2.75, 3.05) is 0 Å². The van der Waals surface area contributed by atoms with Crippen molar-refractivity contribution in [3.05, 3.63) is 72.6 Å². The van der Waals surface area contributed by atoms with E-state index >= 15 is 0 Å². The summed E-state index contributed by atoms with van der Waals surface area (Å²) in [5, 5.41) is 12.6. The summed E-state index contributed by atoms with van der Waals surface area (Å²) in [6.45, 7) is 0. The maximum atomic E-state index is 12.6. The Bertz CT molecular complexity index is 566. The van der Waals surface area contributed by atoms with Gasteiger partial charge in [-0.05, 0) is 12.2 Å². The molecule has 4 rings (SSSR count). The van der Waals surface area contributed by atoms with Crippen LogP contribution in [0, 0.1) is 10.8 Å². The van der Waals surface area contributed by atoms with Crippen LogP contribution in [0.25, 0.3) is 0 Å². The molecule has 1 saturated heterocycles. The monoisotopic (exact) mass is 237 g/mol. The number of allylic oxidation sites excluding steroid dienone is 6. The van der Waals surface area contributed by atoms with Crippen LogP contribution in [-0.4, -0.2) is 12.2 Å². The molecular formula is C16H13O2. The van der Waals surface area contributed by atoms with Gasteiger partial charge in [-0.3, -0.25) is 0 Å². The molecular weight excluding hydrogens is 224 g/mol. The van der Waals surface area contributed by atoms with Gasteiger partial charge in [0.05, 0.1) is 10.8 Å². The van der Waals surface area contributed by atoms with Crippen molar-refractivity contribution >= 4 is 0 Å². The van der Waals surface area contributed by atoms with Crippen LogP contribution >= 0.6 is 0 Å². The van der Waals surface area contributed by atoms with E-state index in [9.17, 15) is 5.11 Å². The van der Waals surface area contributed by atoms with Crippen LogP contribution in [0.2, 0.25) is 0 Å². The van der Waals surface area contributed by atoms with Crippen LogP contribution in [0.5, 0.6) is 0 Å². The van der Waals surface area contributed by atoms with Crippen LogP contribution < -0.4 is 0 Å². The normalized spacial score (nSPS) is 46.2. The summed E-state index contributed by atoms with van der Waals surface area (Å²) in [5.41, 5.74) is -0.956. The second kappa shape index (κ2) is 3.15. The van der Waals surface area contributed by atoms with Gasteiger partial charge < -0.3 is 4.74 Å². The van der Waals surface area contributed by atoms with E-state index in [0.29, 0.717) is 0 Å². The summed E-state index contributed by atoms with van der Waals surface area (Å²) in [6.07, 6.45) is 20.8. The van der Waals surface area contributed by atoms with Gasteiger partial charge in [0.2, 0.25) is 0 Å². The molecule has 1 radical (unpaired) electrons. The molecule has 0 aromatic carbocycles. The van der Waals surface area contributed by atoms with E-state index in [1.165, 1.54) is 0 Å². The highest BCUT2D eigenvalue weighted by Crippen LogP contribution is 2.63. The van der Waals surface area contributed by atoms with E-state index in [0.717, 1.165) is 5.76 Å². The zero-order chi connectivity index (χ0) is 12.2. The van der Waals surface area contributed by atoms with Crippen molar-refractivity contribution in [1.82, 2.24) is 0 Å². The average molecular weight is 237 g/mol. The van der Waals surface area contributed by atoms with Gasteiger partial charge in [-0.25, -0.2) is 5.11 Å². The Balaban J connectivity index is 2.02. The summed E-state index contributed by atoms with van der Waals surface area (Å²) in [4.78, 5) is 0. The summed E-state index contributed by atoms with van der Waals surface area (Å²) in [5.74, 6) is 0.798. The molecule has 1 fully saturated rings. The first-order valence-corrected chi connectivity index (χ1v) is 6.24. The summed E-state index contributed by atoms with van der Waals surface area (Å²) >= 11 is 0. The third-order valence-corrected chi connectivity index (χ3v) is 4.44. The van der Waals surface area contributed by atoms with E-state index in [1.807, 2.05) is 48.6 Å². The highest BCUT2D eigenvalue weighted by molar-refractivity contribution is 5.50. The lowest BCUT2D eigenvalue weighted by Gasteiger charge is -2.44. The maximum Gasteiger partial charge on any atom is 0.131 e. The lowest BCUT2D eigenvalue weighted by atomic mass is 9.55. The van der Waals surface area contributed by atoms with Crippen molar-refractivity contribution in [3.8, 4) is 0 Å². The van der Waals surface area contributed by atoms with Crippen molar-refractivity contribution in [3.63, 3.8) is 0 Å². The van der Waals surface area contributed by atoms with E-state index in [-0.39, 0.29) is 11.5 Å². The van der Waals surface area contributed by atoms with Gasteiger partial charge in [0.1, 0.15) is 18.0 Å². The molecule has 0 aromatic heterocycles. The van der Waals surface area contributed by atoms with Crippen molar-refractivity contribution in [2.24, 2.45) is 10.8 Å². The smallest absolute Gasteiger partial charge is 0.131 e. The molecule has 18 heavy (non-hydrogen) atoms. The van der Waals surface area contributed by atoms with Crippen LogP contribution in [0.15, 0.2) is 72.6 Å². The molecule has 89 valence electrons. The van der Waals surface area contributed by atoms with Crippen LogP contribution in [0.1, 0.15) is 0 Å².